The second-order valence-corrected chi connectivity index (χ2v) is 10.6. The molecule has 1 saturated heterocycles. The first-order valence-corrected chi connectivity index (χ1v) is 12.7. The van der Waals surface area contributed by atoms with E-state index in [4.69, 9.17) is 17.3 Å². The number of nitrogens with one attached hydrogen (secondary N) is 2. The van der Waals surface area contributed by atoms with Gasteiger partial charge in [0.05, 0.1) is 28.9 Å². The Bertz CT molecular complexity index is 1220. The lowest BCUT2D eigenvalue weighted by molar-refractivity contribution is -0.138. The quantitative estimate of drug-likeness (QED) is 0.398. The van der Waals surface area contributed by atoms with Gasteiger partial charge in [0.1, 0.15) is 0 Å². The Hall–Kier alpha value is -2.96. The smallest absolute Gasteiger partial charge is 0.365 e. The summed E-state index contributed by atoms with van der Waals surface area (Å²) in [7, 11) is 0. The van der Waals surface area contributed by atoms with Crippen molar-refractivity contribution in [1.29, 1.82) is 0 Å². The van der Waals surface area contributed by atoms with E-state index in [1.807, 2.05) is 11.8 Å². The molecule has 7 nitrogen and oxygen atoms in total. The van der Waals surface area contributed by atoms with Crippen molar-refractivity contribution in [1.82, 2.24) is 10.2 Å². The summed E-state index contributed by atoms with van der Waals surface area (Å²) in [5, 5.41) is 5.37. The second kappa shape index (κ2) is 12.1. The van der Waals surface area contributed by atoms with Crippen molar-refractivity contribution in [3.8, 4) is 0 Å². The minimum absolute atomic E-state index is 0.116. The van der Waals surface area contributed by atoms with Gasteiger partial charge in [-0.05, 0) is 45.0 Å². The van der Waals surface area contributed by atoms with Gasteiger partial charge in [-0.2, -0.15) is 13.2 Å². The van der Waals surface area contributed by atoms with Crippen molar-refractivity contribution in [3.63, 3.8) is 0 Å². The Morgan fingerprint density at radius 2 is 1.79 bits per heavy atom. The molecule has 39 heavy (non-hydrogen) atoms. The van der Waals surface area contributed by atoms with Gasteiger partial charge in [-0.25, -0.2) is 8.78 Å². The standard InChI is InChI=1S/C26H31ClF5N5O2/c1-15-14-36(9-8-26(30,31)32)10-11-37(15)20-12-17(27)5-7-19(20)35-23(38)18-6-4-16(21(28)22(18)29)13-34-24(39)25(2,3)33/h4-7,12,15H,8-11,13-14,33H2,1-3H3,(H,34,39)(H,35,38)/t15-/m1/s1. The number of piperazine rings is 1. The first kappa shape index (κ1) is 30.6. The van der Waals surface area contributed by atoms with Crippen molar-refractivity contribution >= 4 is 34.8 Å². The van der Waals surface area contributed by atoms with Crippen molar-refractivity contribution in [2.24, 2.45) is 5.73 Å². The Morgan fingerprint density at radius 1 is 1.10 bits per heavy atom. The third kappa shape index (κ3) is 8.02. The van der Waals surface area contributed by atoms with E-state index in [0.29, 0.717) is 30.3 Å². The van der Waals surface area contributed by atoms with Crippen LogP contribution in [-0.4, -0.2) is 60.7 Å². The number of halogens is 6. The maximum atomic E-state index is 14.9. The summed E-state index contributed by atoms with van der Waals surface area (Å²) in [6.07, 6.45) is -5.15. The zero-order valence-electron chi connectivity index (χ0n) is 21.8. The highest BCUT2D eigenvalue weighted by Gasteiger charge is 2.31. The normalized spacial score (nSPS) is 16.8. The van der Waals surface area contributed by atoms with Gasteiger partial charge in [-0.15, -0.1) is 0 Å². The SMILES string of the molecule is C[C@@H]1CN(CCC(F)(F)F)CCN1c1cc(Cl)ccc1NC(=O)c1ccc(CNC(=O)C(C)(C)N)c(F)c1F. The van der Waals surface area contributed by atoms with Crippen LogP contribution in [0.25, 0.3) is 0 Å². The average Bonchev–Trinajstić information content (AvgIpc) is 2.83. The summed E-state index contributed by atoms with van der Waals surface area (Å²) in [5.41, 5.74) is 4.54. The predicted octanol–water partition coefficient (Wildman–Crippen LogP) is 4.69. The molecule has 0 bridgehead atoms. The Morgan fingerprint density at radius 3 is 2.41 bits per heavy atom. The lowest BCUT2D eigenvalue weighted by Gasteiger charge is -2.42. The molecule has 0 spiro atoms. The molecule has 1 aliphatic rings. The number of carbonyl (C=O) groups excluding carboxylic acids is 2. The average molecular weight is 576 g/mol. The first-order valence-electron chi connectivity index (χ1n) is 12.3. The number of hydrogen-bond acceptors (Lipinski definition) is 5. The molecule has 13 heteroatoms. The number of anilines is 2. The Balaban J connectivity index is 1.75. The van der Waals surface area contributed by atoms with E-state index in [2.05, 4.69) is 10.6 Å². The van der Waals surface area contributed by atoms with Gasteiger partial charge in [-0.1, -0.05) is 17.7 Å². The molecular formula is C26H31ClF5N5O2. The molecule has 2 aromatic rings. The van der Waals surface area contributed by atoms with Gasteiger partial charge < -0.3 is 21.3 Å². The number of amides is 2. The molecule has 1 atom stereocenters. The van der Waals surface area contributed by atoms with Gasteiger partial charge in [0.2, 0.25) is 5.91 Å². The van der Waals surface area contributed by atoms with Crippen LogP contribution in [0.2, 0.25) is 5.02 Å². The van der Waals surface area contributed by atoms with E-state index in [-0.39, 0.29) is 30.4 Å². The topological polar surface area (TPSA) is 90.7 Å². The Labute approximate surface area is 228 Å². The summed E-state index contributed by atoms with van der Waals surface area (Å²) in [6, 6.07) is 6.73. The zero-order valence-corrected chi connectivity index (χ0v) is 22.5. The van der Waals surface area contributed by atoms with E-state index in [9.17, 15) is 31.5 Å². The summed E-state index contributed by atoms with van der Waals surface area (Å²) < 4.78 is 67.5. The minimum atomic E-state index is -4.24. The number of carbonyl (C=O) groups is 2. The number of hydrogen-bond donors (Lipinski definition) is 3. The van der Waals surface area contributed by atoms with E-state index in [1.165, 1.54) is 32.0 Å². The largest absolute Gasteiger partial charge is 0.390 e. The van der Waals surface area contributed by atoms with Crippen molar-refractivity contribution < 1.29 is 31.5 Å². The molecule has 4 N–H and O–H groups in total. The van der Waals surface area contributed by atoms with Crippen molar-refractivity contribution in [3.05, 3.63) is 58.1 Å². The van der Waals surface area contributed by atoms with Gasteiger partial charge in [0.15, 0.2) is 11.6 Å². The fraction of sp³-hybridized carbons (Fsp3) is 0.462. The van der Waals surface area contributed by atoms with E-state index in [0.717, 1.165) is 6.07 Å². The van der Waals surface area contributed by atoms with Crippen LogP contribution < -0.4 is 21.3 Å². The molecule has 0 aromatic heterocycles. The number of rotatable bonds is 8. The molecule has 0 saturated carbocycles. The molecule has 1 fully saturated rings. The number of nitrogens with two attached hydrogens (primary N) is 1. The van der Waals surface area contributed by atoms with Crippen LogP contribution in [0.4, 0.5) is 33.3 Å². The number of benzene rings is 2. The van der Waals surface area contributed by atoms with E-state index >= 15 is 0 Å². The second-order valence-electron chi connectivity index (χ2n) is 10.1. The summed E-state index contributed by atoms with van der Waals surface area (Å²) in [4.78, 5) is 28.5. The fourth-order valence-corrected chi connectivity index (χ4v) is 4.39. The third-order valence-corrected chi connectivity index (χ3v) is 6.61. The minimum Gasteiger partial charge on any atom is -0.365 e. The molecule has 3 rings (SSSR count). The summed E-state index contributed by atoms with van der Waals surface area (Å²) in [6.45, 7) is 5.41. The van der Waals surface area contributed by atoms with Crippen molar-refractivity contribution in [2.45, 2.75) is 51.5 Å². The lowest BCUT2D eigenvalue weighted by Crippen LogP contribution is -2.52. The summed E-state index contributed by atoms with van der Waals surface area (Å²) >= 11 is 6.19. The maximum Gasteiger partial charge on any atom is 0.390 e. The van der Waals surface area contributed by atoms with Crippen molar-refractivity contribution in [2.75, 3.05) is 36.4 Å². The van der Waals surface area contributed by atoms with Gasteiger partial charge >= 0.3 is 6.18 Å². The molecule has 1 heterocycles. The van der Waals surface area contributed by atoms with Crippen LogP contribution in [0.5, 0.6) is 0 Å². The summed E-state index contributed by atoms with van der Waals surface area (Å²) in [5.74, 6) is -4.13. The van der Waals surface area contributed by atoms with Crippen LogP contribution in [0.15, 0.2) is 30.3 Å². The van der Waals surface area contributed by atoms with Crippen LogP contribution >= 0.6 is 11.6 Å². The van der Waals surface area contributed by atoms with Crippen LogP contribution in [-0.2, 0) is 11.3 Å². The van der Waals surface area contributed by atoms with Gasteiger partial charge in [0.25, 0.3) is 5.91 Å². The molecule has 0 unspecified atom stereocenters. The van der Waals surface area contributed by atoms with Crippen LogP contribution in [0.1, 0.15) is 43.1 Å². The van der Waals surface area contributed by atoms with Crippen LogP contribution in [0.3, 0.4) is 0 Å². The predicted molar refractivity (Wildman–Crippen MR) is 140 cm³/mol. The molecule has 1 aliphatic heterocycles. The van der Waals surface area contributed by atoms with Gasteiger partial charge in [-0.3, -0.25) is 14.5 Å². The van der Waals surface area contributed by atoms with E-state index in [1.54, 1.807) is 11.0 Å². The monoisotopic (exact) mass is 575 g/mol. The Kier molecular flexibility index (Phi) is 9.45. The molecular weight excluding hydrogens is 545 g/mol. The highest BCUT2D eigenvalue weighted by Crippen LogP contribution is 2.33. The maximum absolute atomic E-state index is 14.9. The molecule has 0 radical (unpaired) electrons. The lowest BCUT2D eigenvalue weighted by atomic mass is 10.1. The fourth-order valence-electron chi connectivity index (χ4n) is 4.22. The third-order valence-electron chi connectivity index (χ3n) is 6.37. The molecule has 214 valence electrons. The number of nitrogens with zero attached hydrogens (tertiary/aromatic N) is 2. The number of alkyl halides is 3. The highest BCUT2D eigenvalue weighted by molar-refractivity contribution is 6.31. The van der Waals surface area contributed by atoms with E-state index < -0.39 is 47.1 Å². The molecule has 2 aromatic carbocycles. The molecule has 2 amide bonds. The highest BCUT2D eigenvalue weighted by atomic mass is 35.5. The zero-order chi connectivity index (χ0) is 29.1. The first-order chi connectivity index (χ1) is 18.1. The van der Waals surface area contributed by atoms with Crippen LogP contribution in [0, 0.1) is 11.6 Å². The molecule has 0 aliphatic carbocycles. The van der Waals surface area contributed by atoms with Gasteiger partial charge in [0, 0.05) is 49.4 Å².